The van der Waals surface area contributed by atoms with Gasteiger partial charge in [0.05, 0.1) is 6.20 Å². The first-order valence-corrected chi connectivity index (χ1v) is 6.00. The molecular weight excluding hydrogens is 268 g/mol. The fraction of sp³-hybridized carbons (Fsp3) is 0.250. The van der Waals surface area contributed by atoms with Crippen LogP contribution in [0.3, 0.4) is 0 Å². The molecule has 0 aliphatic heterocycles. The summed E-state index contributed by atoms with van der Waals surface area (Å²) in [5.41, 5.74) is 5.88. The smallest absolute Gasteiger partial charge is 0.252 e. The highest BCUT2D eigenvalue weighted by Gasteiger charge is 2.16. The molecule has 3 N–H and O–H groups in total. The number of nitrogens with zero attached hydrogens (tertiary/aromatic N) is 2. The molecule has 0 spiro atoms. The number of carbonyl (C=O) groups excluding carboxylic acids is 1. The molecule has 2 rings (SSSR count). The lowest BCUT2D eigenvalue weighted by Gasteiger charge is -2.10. The van der Waals surface area contributed by atoms with Crippen LogP contribution in [0, 0.1) is 6.92 Å². The number of halogens is 1. The Labute approximate surface area is 115 Å². The molecule has 2 heterocycles. The SMILES string of the molecule is Cc1cnc(C(C)NC(=O)c2cc(N)nc(Cl)c2)o1. The molecular formula is C12H13ClN4O2. The summed E-state index contributed by atoms with van der Waals surface area (Å²) in [6.45, 7) is 3.56. The van der Waals surface area contributed by atoms with Gasteiger partial charge in [-0.15, -0.1) is 0 Å². The first-order valence-electron chi connectivity index (χ1n) is 5.62. The van der Waals surface area contributed by atoms with E-state index in [0.29, 0.717) is 17.2 Å². The molecule has 2 aromatic rings. The van der Waals surface area contributed by atoms with Crippen LogP contribution in [0.2, 0.25) is 5.15 Å². The van der Waals surface area contributed by atoms with E-state index in [9.17, 15) is 4.79 Å². The number of amides is 1. The molecule has 1 unspecified atom stereocenters. The number of oxazole rings is 1. The molecule has 0 aromatic carbocycles. The topological polar surface area (TPSA) is 94.0 Å². The molecule has 7 heteroatoms. The van der Waals surface area contributed by atoms with E-state index in [1.807, 2.05) is 0 Å². The van der Waals surface area contributed by atoms with Gasteiger partial charge in [-0.25, -0.2) is 9.97 Å². The number of rotatable bonds is 3. The number of nitrogens with one attached hydrogen (secondary N) is 1. The third kappa shape index (κ3) is 3.23. The average molecular weight is 281 g/mol. The number of anilines is 1. The van der Waals surface area contributed by atoms with E-state index in [-0.39, 0.29) is 22.9 Å². The van der Waals surface area contributed by atoms with E-state index in [2.05, 4.69) is 15.3 Å². The zero-order valence-corrected chi connectivity index (χ0v) is 11.2. The normalized spacial score (nSPS) is 12.2. The van der Waals surface area contributed by atoms with Crippen molar-refractivity contribution in [2.24, 2.45) is 0 Å². The van der Waals surface area contributed by atoms with E-state index in [4.69, 9.17) is 21.8 Å². The van der Waals surface area contributed by atoms with Crippen molar-refractivity contribution in [3.63, 3.8) is 0 Å². The van der Waals surface area contributed by atoms with Gasteiger partial charge in [0.25, 0.3) is 5.91 Å². The molecule has 0 saturated heterocycles. The van der Waals surface area contributed by atoms with Gasteiger partial charge >= 0.3 is 0 Å². The number of hydrogen-bond acceptors (Lipinski definition) is 5. The minimum Gasteiger partial charge on any atom is -0.444 e. The van der Waals surface area contributed by atoms with Crippen molar-refractivity contribution >= 4 is 23.3 Å². The molecule has 1 amide bonds. The van der Waals surface area contributed by atoms with Crippen molar-refractivity contribution < 1.29 is 9.21 Å². The number of pyridine rings is 1. The van der Waals surface area contributed by atoms with Crippen molar-refractivity contribution in [3.05, 3.63) is 40.7 Å². The Kier molecular flexibility index (Phi) is 3.71. The van der Waals surface area contributed by atoms with Crippen LogP contribution in [0.15, 0.2) is 22.7 Å². The summed E-state index contributed by atoms with van der Waals surface area (Å²) in [7, 11) is 0. The van der Waals surface area contributed by atoms with Gasteiger partial charge in [0.1, 0.15) is 22.8 Å². The highest BCUT2D eigenvalue weighted by atomic mass is 35.5. The summed E-state index contributed by atoms with van der Waals surface area (Å²) in [6, 6.07) is 2.55. The zero-order chi connectivity index (χ0) is 14.0. The number of aromatic nitrogens is 2. The monoisotopic (exact) mass is 280 g/mol. The standard InChI is InChI=1S/C12H13ClN4O2/c1-6-5-15-12(19-6)7(2)16-11(18)8-3-9(13)17-10(14)4-8/h3-5,7H,1-2H3,(H2,14,17)(H,16,18). The maximum absolute atomic E-state index is 12.0. The van der Waals surface area contributed by atoms with Crippen LogP contribution in [-0.4, -0.2) is 15.9 Å². The summed E-state index contributed by atoms with van der Waals surface area (Å²) < 4.78 is 5.34. The highest BCUT2D eigenvalue weighted by molar-refractivity contribution is 6.29. The molecule has 0 radical (unpaired) electrons. The molecule has 100 valence electrons. The van der Waals surface area contributed by atoms with Crippen molar-refractivity contribution in [2.45, 2.75) is 19.9 Å². The van der Waals surface area contributed by atoms with Gasteiger partial charge < -0.3 is 15.5 Å². The van der Waals surface area contributed by atoms with E-state index in [0.717, 1.165) is 0 Å². The van der Waals surface area contributed by atoms with E-state index in [1.165, 1.54) is 12.1 Å². The fourth-order valence-corrected chi connectivity index (χ4v) is 1.78. The van der Waals surface area contributed by atoms with Gasteiger partial charge in [-0.2, -0.15) is 0 Å². The van der Waals surface area contributed by atoms with Gasteiger partial charge in [-0.3, -0.25) is 4.79 Å². The molecule has 0 bridgehead atoms. The first-order chi connectivity index (χ1) is 8.95. The van der Waals surface area contributed by atoms with Crippen LogP contribution in [0.4, 0.5) is 5.82 Å². The minimum absolute atomic E-state index is 0.171. The Morgan fingerprint density at radius 1 is 1.53 bits per heavy atom. The second-order valence-electron chi connectivity index (χ2n) is 4.11. The van der Waals surface area contributed by atoms with Gasteiger partial charge in [-0.05, 0) is 26.0 Å². The Hall–Kier alpha value is -2.08. The van der Waals surface area contributed by atoms with Gasteiger partial charge in [0.15, 0.2) is 0 Å². The van der Waals surface area contributed by atoms with Crippen LogP contribution in [-0.2, 0) is 0 Å². The van der Waals surface area contributed by atoms with Crippen molar-refractivity contribution in [2.75, 3.05) is 5.73 Å². The summed E-state index contributed by atoms with van der Waals surface area (Å²) in [4.78, 5) is 19.9. The second kappa shape index (κ2) is 5.27. The Morgan fingerprint density at radius 2 is 2.26 bits per heavy atom. The summed E-state index contributed by atoms with van der Waals surface area (Å²) in [5.74, 6) is 1.00. The molecule has 0 aliphatic carbocycles. The number of carbonyl (C=O) groups is 1. The molecule has 0 fully saturated rings. The summed E-state index contributed by atoms with van der Waals surface area (Å²) >= 11 is 5.75. The highest BCUT2D eigenvalue weighted by Crippen LogP contribution is 2.15. The van der Waals surface area contributed by atoms with Gasteiger partial charge in [0, 0.05) is 5.56 Å². The third-order valence-electron chi connectivity index (χ3n) is 2.43. The largest absolute Gasteiger partial charge is 0.444 e. The average Bonchev–Trinajstić information content (AvgIpc) is 2.74. The molecule has 1 atom stereocenters. The lowest BCUT2D eigenvalue weighted by Crippen LogP contribution is -2.27. The number of aryl methyl sites for hydroxylation is 1. The van der Waals surface area contributed by atoms with Crippen molar-refractivity contribution in [3.8, 4) is 0 Å². The Morgan fingerprint density at radius 3 is 2.84 bits per heavy atom. The first kappa shape index (κ1) is 13.4. The van der Waals surface area contributed by atoms with Gasteiger partial charge in [0.2, 0.25) is 5.89 Å². The lowest BCUT2D eigenvalue weighted by atomic mass is 10.2. The third-order valence-corrected chi connectivity index (χ3v) is 2.63. The molecule has 0 saturated carbocycles. The molecule has 0 aliphatic rings. The number of nitrogens with two attached hydrogens (primary N) is 1. The maximum Gasteiger partial charge on any atom is 0.252 e. The molecule has 6 nitrogen and oxygen atoms in total. The predicted molar refractivity (Wildman–Crippen MR) is 70.8 cm³/mol. The number of nitrogen functional groups attached to an aromatic ring is 1. The van der Waals surface area contributed by atoms with Crippen LogP contribution in [0.5, 0.6) is 0 Å². The van der Waals surface area contributed by atoms with E-state index < -0.39 is 0 Å². The quantitative estimate of drug-likeness (QED) is 0.840. The van der Waals surface area contributed by atoms with Crippen LogP contribution in [0.25, 0.3) is 0 Å². The molecule has 2 aromatic heterocycles. The Balaban J connectivity index is 2.12. The van der Waals surface area contributed by atoms with Crippen molar-refractivity contribution in [1.82, 2.24) is 15.3 Å². The predicted octanol–water partition coefficient (Wildman–Crippen LogP) is 2.10. The van der Waals surface area contributed by atoms with E-state index >= 15 is 0 Å². The maximum atomic E-state index is 12.0. The fourth-order valence-electron chi connectivity index (χ4n) is 1.56. The molecule has 19 heavy (non-hydrogen) atoms. The van der Waals surface area contributed by atoms with Crippen molar-refractivity contribution in [1.29, 1.82) is 0 Å². The minimum atomic E-state index is -0.352. The summed E-state index contributed by atoms with van der Waals surface area (Å²) in [6.07, 6.45) is 1.60. The zero-order valence-electron chi connectivity index (χ0n) is 10.5. The summed E-state index contributed by atoms with van der Waals surface area (Å²) in [5, 5.41) is 2.91. The Bertz CT molecular complexity index is 591. The second-order valence-corrected chi connectivity index (χ2v) is 4.49. The van der Waals surface area contributed by atoms with Crippen LogP contribution >= 0.6 is 11.6 Å². The van der Waals surface area contributed by atoms with Crippen LogP contribution in [0.1, 0.15) is 35.0 Å². The number of hydrogen-bond donors (Lipinski definition) is 2. The van der Waals surface area contributed by atoms with Gasteiger partial charge in [-0.1, -0.05) is 11.6 Å². The lowest BCUT2D eigenvalue weighted by molar-refractivity contribution is 0.0934. The van der Waals surface area contributed by atoms with Crippen LogP contribution < -0.4 is 11.1 Å². The van der Waals surface area contributed by atoms with E-state index in [1.54, 1.807) is 20.0 Å².